The van der Waals surface area contributed by atoms with Crippen LogP contribution < -0.4 is 0 Å². The molecule has 0 saturated heterocycles. The molecule has 92 valence electrons. The summed E-state index contributed by atoms with van der Waals surface area (Å²) < 4.78 is 10.7. The predicted molar refractivity (Wildman–Crippen MR) is 69.4 cm³/mol. The second kappa shape index (κ2) is 12.2. The van der Waals surface area contributed by atoms with E-state index in [4.69, 9.17) is 9.47 Å². The Morgan fingerprint density at radius 1 is 0.875 bits per heavy atom. The van der Waals surface area contributed by atoms with Gasteiger partial charge in [-0.2, -0.15) is 0 Å². The zero-order chi connectivity index (χ0) is 12.1. The van der Waals surface area contributed by atoms with Crippen molar-refractivity contribution < 1.29 is 9.47 Å². The molecule has 0 atom stereocenters. The average molecular weight is 224 g/mol. The number of unbranched alkanes of at least 4 members (excludes halogenated alkanes) is 1. The summed E-state index contributed by atoms with van der Waals surface area (Å²) in [4.78, 5) is 0. The molecular formula is C14H24O2. The maximum Gasteiger partial charge on any atom is 0.177 e. The lowest BCUT2D eigenvalue weighted by molar-refractivity contribution is -0.103. The molecule has 0 bridgehead atoms. The van der Waals surface area contributed by atoms with Gasteiger partial charge in [0.2, 0.25) is 0 Å². The molecule has 0 N–H and O–H groups in total. The van der Waals surface area contributed by atoms with Crippen LogP contribution in [0.1, 0.15) is 33.6 Å². The molecule has 0 aromatic heterocycles. The minimum Gasteiger partial charge on any atom is -0.349 e. The van der Waals surface area contributed by atoms with Gasteiger partial charge in [0.25, 0.3) is 0 Å². The number of rotatable bonds is 9. The standard InChI is InChI=1S/C14H24O2/c1-4-7-8-9-10-11-12-13-14(15-5-2)16-6-3/h8-14H,4-7H2,1-3H3. The smallest absolute Gasteiger partial charge is 0.177 e. The summed E-state index contributed by atoms with van der Waals surface area (Å²) in [5.41, 5.74) is 0. The first-order chi connectivity index (χ1) is 7.85. The van der Waals surface area contributed by atoms with Gasteiger partial charge in [0.1, 0.15) is 0 Å². The monoisotopic (exact) mass is 224 g/mol. The molecule has 0 aromatic rings. The van der Waals surface area contributed by atoms with Crippen LogP contribution in [0.4, 0.5) is 0 Å². The maximum absolute atomic E-state index is 5.37. The van der Waals surface area contributed by atoms with Crippen LogP contribution in [0, 0.1) is 0 Å². The first-order valence-electron chi connectivity index (χ1n) is 6.08. The molecule has 0 amide bonds. The molecule has 0 aromatic carbocycles. The van der Waals surface area contributed by atoms with Crippen LogP contribution in [-0.2, 0) is 9.47 Å². The van der Waals surface area contributed by atoms with Crippen LogP contribution in [0.2, 0.25) is 0 Å². The zero-order valence-corrected chi connectivity index (χ0v) is 10.7. The lowest BCUT2D eigenvalue weighted by atomic mass is 10.3. The molecule has 0 heterocycles. The Morgan fingerprint density at radius 3 is 2.06 bits per heavy atom. The van der Waals surface area contributed by atoms with E-state index in [9.17, 15) is 0 Å². The molecule has 2 nitrogen and oxygen atoms in total. The van der Waals surface area contributed by atoms with Gasteiger partial charge in [0.05, 0.1) is 0 Å². The molecule has 0 aliphatic rings. The molecule has 0 saturated carbocycles. The Morgan fingerprint density at radius 2 is 1.50 bits per heavy atom. The minimum atomic E-state index is -0.223. The Kier molecular flexibility index (Phi) is 11.6. The highest BCUT2D eigenvalue weighted by Crippen LogP contribution is 1.97. The predicted octanol–water partition coefficient (Wildman–Crippen LogP) is 3.85. The highest BCUT2D eigenvalue weighted by atomic mass is 16.7. The molecule has 16 heavy (non-hydrogen) atoms. The van der Waals surface area contributed by atoms with Crippen LogP contribution in [0.15, 0.2) is 36.5 Å². The van der Waals surface area contributed by atoms with E-state index in [1.807, 2.05) is 38.2 Å². The van der Waals surface area contributed by atoms with E-state index in [1.165, 1.54) is 6.42 Å². The van der Waals surface area contributed by atoms with Crippen LogP contribution in [0.5, 0.6) is 0 Å². The van der Waals surface area contributed by atoms with Crippen molar-refractivity contribution in [2.75, 3.05) is 13.2 Å². The van der Waals surface area contributed by atoms with Crippen molar-refractivity contribution in [1.82, 2.24) is 0 Å². The summed E-state index contributed by atoms with van der Waals surface area (Å²) in [7, 11) is 0. The molecule has 0 radical (unpaired) electrons. The largest absolute Gasteiger partial charge is 0.349 e. The second-order valence-corrected chi connectivity index (χ2v) is 3.27. The number of hydrogen-bond donors (Lipinski definition) is 0. The average Bonchev–Trinajstić information content (AvgIpc) is 2.28. The van der Waals surface area contributed by atoms with E-state index in [0.29, 0.717) is 13.2 Å². The number of allylic oxidation sites excluding steroid dienone is 5. The summed E-state index contributed by atoms with van der Waals surface area (Å²) in [6.45, 7) is 7.42. The summed E-state index contributed by atoms with van der Waals surface area (Å²) in [5.74, 6) is 0. The van der Waals surface area contributed by atoms with E-state index in [1.54, 1.807) is 0 Å². The van der Waals surface area contributed by atoms with Crippen LogP contribution >= 0.6 is 0 Å². The normalized spacial score (nSPS) is 12.8. The second-order valence-electron chi connectivity index (χ2n) is 3.27. The summed E-state index contributed by atoms with van der Waals surface area (Å²) in [5, 5.41) is 0. The first kappa shape index (κ1) is 15.1. The fraction of sp³-hybridized carbons (Fsp3) is 0.571. The van der Waals surface area contributed by atoms with Gasteiger partial charge in [-0.25, -0.2) is 0 Å². The van der Waals surface area contributed by atoms with Crippen molar-refractivity contribution in [2.24, 2.45) is 0 Å². The lowest BCUT2D eigenvalue weighted by Gasteiger charge is -2.11. The molecule has 2 heteroatoms. The summed E-state index contributed by atoms with van der Waals surface area (Å²) >= 11 is 0. The molecular weight excluding hydrogens is 200 g/mol. The highest BCUT2D eigenvalue weighted by molar-refractivity contribution is 5.11. The van der Waals surface area contributed by atoms with Crippen molar-refractivity contribution in [1.29, 1.82) is 0 Å². The number of ether oxygens (including phenoxy) is 2. The van der Waals surface area contributed by atoms with Crippen LogP contribution in [0.3, 0.4) is 0 Å². The zero-order valence-electron chi connectivity index (χ0n) is 10.7. The Balaban J connectivity index is 3.84. The molecule has 0 fully saturated rings. The van der Waals surface area contributed by atoms with E-state index >= 15 is 0 Å². The van der Waals surface area contributed by atoms with Gasteiger partial charge in [-0.3, -0.25) is 0 Å². The molecule has 0 unspecified atom stereocenters. The fourth-order valence-electron chi connectivity index (χ4n) is 1.11. The minimum absolute atomic E-state index is 0.223. The van der Waals surface area contributed by atoms with Gasteiger partial charge in [0.15, 0.2) is 6.29 Å². The number of hydrogen-bond acceptors (Lipinski definition) is 2. The SMILES string of the molecule is CCCC=CC=CC=CC(OCC)OCC. The van der Waals surface area contributed by atoms with E-state index in [-0.39, 0.29) is 6.29 Å². The Bertz CT molecular complexity index is 211. The summed E-state index contributed by atoms with van der Waals surface area (Å²) in [6, 6.07) is 0. The van der Waals surface area contributed by atoms with Crippen molar-refractivity contribution in [3.63, 3.8) is 0 Å². The topological polar surface area (TPSA) is 18.5 Å². The third kappa shape index (κ3) is 9.69. The van der Waals surface area contributed by atoms with E-state index in [0.717, 1.165) is 6.42 Å². The van der Waals surface area contributed by atoms with Gasteiger partial charge >= 0.3 is 0 Å². The maximum atomic E-state index is 5.37. The van der Waals surface area contributed by atoms with Gasteiger partial charge < -0.3 is 9.47 Å². The first-order valence-corrected chi connectivity index (χ1v) is 6.08. The van der Waals surface area contributed by atoms with Crippen LogP contribution in [0.25, 0.3) is 0 Å². The van der Waals surface area contributed by atoms with Crippen molar-refractivity contribution >= 4 is 0 Å². The van der Waals surface area contributed by atoms with E-state index < -0.39 is 0 Å². The third-order valence-corrected chi connectivity index (χ3v) is 1.85. The molecule has 0 spiro atoms. The van der Waals surface area contributed by atoms with Crippen LogP contribution in [-0.4, -0.2) is 19.5 Å². The van der Waals surface area contributed by atoms with Crippen molar-refractivity contribution in [2.45, 2.75) is 39.9 Å². The van der Waals surface area contributed by atoms with E-state index in [2.05, 4.69) is 19.1 Å². The van der Waals surface area contributed by atoms with Crippen molar-refractivity contribution in [3.05, 3.63) is 36.5 Å². The molecule has 0 aliphatic carbocycles. The third-order valence-electron chi connectivity index (χ3n) is 1.85. The Hall–Kier alpha value is -0.860. The quantitative estimate of drug-likeness (QED) is 0.437. The molecule has 0 rings (SSSR count). The highest BCUT2D eigenvalue weighted by Gasteiger charge is 1.99. The lowest BCUT2D eigenvalue weighted by Crippen LogP contribution is -2.13. The Labute approximate surface area is 99.6 Å². The van der Waals surface area contributed by atoms with Gasteiger partial charge in [-0.05, 0) is 26.3 Å². The van der Waals surface area contributed by atoms with Crippen molar-refractivity contribution in [3.8, 4) is 0 Å². The van der Waals surface area contributed by atoms with Gasteiger partial charge in [0, 0.05) is 13.2 Å². The van der Waals surface area contributed by atoms with Gasteiger partial charge in [-0.15, -0.1) is 0 Å². The fourth-order valence-corrected chi connectivity index (χ4v) is 1.11. The molecule has 0 aliphatic heterocycles. The summed E-state index contributed by atoms with van der Waals surface area (Å²) in [6.07, 6.45) is 14.2. The van der Waals surface area contributed by atoms with Gasteiger partial charge in [-0.1, -0.05) is 43.7 Å².